The maximum absolute atomic E-state index is 12.2. The lowest BCUT2D eigenvalue weighted by atomic mass is 10.4. The third-order valence-corrected chi connectivity index (χ3v) is 5.92. The Morgan fingerprint density at radius 1 is 1.17 bits per heavy atom. The van der Waals surface area contributed by atoms with E-state index in [1.807, 2.05) is 28.9 Å². The molecule has 0 unspecified atom stereocenters. The number of hydrogen-bond acceptors (Lipinski definition) is 6. The molecule has 0 spiro atoms. The molecule has 2 heterocycles. The first-order valence-electron chi connectivity index (χ1n) is 8.18. The van der Waals surface area contributed by atoms with Crippen molar-refractivity contribution in [3.63, 3.8) is 0 Å². The third-order valence-electron chi connectivity index (χ3n) is 4.31. The summed E-state index contributed by atoms with van der Waals surface area (Å²) in [4.78, 5) is 18.0. The van der Waals surface area contributed by atoms with Crippen LogP contribution in [0.25, 0.3) is 0 Å². The van der Waals surface area contributed by atoms with E-state index in [-0.39, 0.29) is 17.4 Å². The second-order valence-corrected chi connectivity index (χ2v) is 8.62. The first-order valence-corrected chi connectivity index (χ1v) is 10.0. The highest BCUT2D eigenvalue weighted by Crippen LogP contribution is 2.04. The van der Waals surface area contributed by atoms with E-state index in [2.05, 4.69) is 10.00 Å². The lowest BCUT2D eigenvalue weighted by Crippen LogP contribution is -2.46. The normalized spacial score (nSPS) is 18.0. The summed E-state index contributed by atoms with van der Waals surface area (Å²) in [7, 11) is 0.923. The summed E-state index contributed by atoms with van der Waals surface area (Å²) >= 11 is 0. The predicted molar refractivity (Wildman–Crippen MR) is 92.5 cm³/mol. The Kier molecular flexibility index (Phi) is 6.76. The summed E-state index contributed by atoms with van der Waals surface area (Å²) < 4.78 is 24.7. The highest BCUT2D eigenvalue weighted by molar-refractivity contribution is 7.91. The summed E-state index contributed by atoms with van der Waals surface area (Å²) in [6.45, 7) is 4.33. The van der Waals surface area contributed by atoms with Gasteiger partial charge in [0.05, 0.1) is 24.6 Å². The molecule has 1 aliphatic rings. The summed E-state index contributed by atoms with van der Waals surface area (Å²) in [5.41, 5.74) is 0. The number of aromatic nitrogens is 2. The Bertz CT molecular complexity index is 603. The highest BCUT2D eigenvalue weighted by Gasteiger charge is 2.23. The average molecular weight is 357 g/mol. The molecule has 2 rings (SSSR count). The van der Waals surface area contributed by atoms with Crippen molar-refractivity contribution in [1.29, 1.82) is 0 Å². The van der Waals surface area contributed by atoms with E-state index in [4.69, 9.17) is 0 Å². The van der Waals surface area contributed by atoms with Crippen molar-refractivity contribution in [3.05, 3.63) is 18.5 Å². The molecule has 0 aliphatic carbocycles. The Morgan fingerprint density at radius 2 is 1.88 bits per heavy atom. The molecule has 0 bridgehead atoms. The number of sulfone groups is 1. The molecule has 1 fully saturated rings. The summed E-state index contributed by atoms with van der Waals surface area (Å²) in [5, 5.41) is 4.16. The molecule has 0 N–H and O–H groups in total. The van der Waals surface area contributed by atoms with Crippen molar-refractivity contribution in [2.45, 2.75) is 6.54 Å². The zero-order valence-electron chi connectivity index (χ0n) is 14.5. The van der Waals surface area contributed by atoms with E-state index in [1.54, 1.807) is 18.1 Å². The standard InChI is InChI=1S/C15H27N5O3S/c1-17(7-9-20-5-3-4-16-20)6-8-18(2)15(21)14-19-10-12-24(22,23)13-11-19/h3-5H,6-14H2,1-2H3. The Morgan fingerprint density at radius 3 is 2.50 bits per heavy atom. The van der Waals surface area contributed by atoms with Gasteiger partial charge in [-0.25, -0.2) is 8.42 Å². The molecule has 1 aromatic heterocycles. The van der Waals surface area contributed by atoms with Crippen LogP contribution in [-0.4, -0.2) is 104 Å². The van der Waals surface area contributed by atoms with Gasteiger partial charge in [-0.15, -0.1) is 0 Å². The molecule has 1 amide bonds. The zero-order chi connectivity index (χ0) is 17.6. The molecule has 0 aromatic carbocycles. The Hall–Kier alpha value is -1.45. The molecule has 0 saturated carbocycles. The highest BCUT2D eigenvalue weighted by atomic mass is 32.2. The van der Waals surface area contributed by atoms with Gasteiger partial charge in [0.1, 0.15) is 0 Å². The second kappa shape index (κ2) is 8.59. The van der Waals surface area contributed by atoms with Gasteiger partial charge in [-0.2, -0.15) is 5.10 Å². The third kappa shape index (κ3) is 6.21. The van der Waals surface area contributed by atoms with Crippen molar-refractivity contribution in [2.24, 2.45) is 0 Å². The van der Waals surface area contributed by atoms with Crippen LogP contribution in [0, 0.1) is 0 Å². The molecule has 8 nitrogen and oxygen atoms in total. The molecular formula is C15H27N5O3S. The fourth-order valence-electron chi connectivity index (χ4n) is 2.48. The van der Waals surface area contributed by atoms with Crippen LogP contribution >= 0.6 is 0 Å². The minimum Gasteiger partial charge on any atom is -0.343 e. The quantitative estimate of drug-likeness (QED) is 0.594. The molecule has 1 aromatic rings. The van der Waals surface area contributed by atoms with Crippen LogP contribution in [0.2, 0.25) is 0 Å². The summed E-state index contributed by atoms with van der Waals surface area (Å²) in [5.74, 6) is 0.343. The van der Waals surface area contributed by atoms with E-state index >= 15 is 0 Å². The SMILES string of the molecule is CN(CCN(C)C(=O)CN1CCS(=O)(=O)CC1)CCn1cccn1. The minimum atomic E-state index is -2.90. The number of amides is 1. The lowest BCUT2D eigenvalue weighted by Gasteiger charge is -2.28. The van der Waals surface area contributed by atoms with Gasteiger partial charge in [0.2, 0.25) is 5.91 Å². The van der Waals surface area contributed by atoms with Crippen LogP contribution in [0.3, 0.4) is 0 Å². The van der Waals surface area contributed by atoms with Crippen molar-refractivity contribution < 1.29 is 13.2 Å². The molecule has 0 atom stereocenters. The van der Waals surface area contributed by atoms with Crippen LogP contribution < -0.4 is 0 Å². The second-order valence-electron chi connectivity index (χ2n) is 6.32. The zero-order valence-corrected chi connectivity index (χ0v) is 15.3. The van der Waals surface area contributed by atoms with E-state index in [0.29, 0.717) is 26.2 Å². The molecule has 136 valence electrons. The van der Waals surface area contributed by atoms with Gasteiger partial charge in [-0.3, -0.25) is 14.4 Å². The van der Waals surface area contributed by atoms with Crippen LogP contribution in [0.1, 0.15) is 0 Å². The number of hydrogen-bond donors (Lipinski definition) is 0. The first-order chi connectivity index (χ1) is 11.4. The Labute approximate surface area is 143 Å². The number of rotatable bonds is 8. The van der Waals surface area contributed by atoms with Gasteiger partial charge in [0, 0.05) is 52.2 Å². The van der Waals surface area contributed by atoms with Gasteiger partial charge in [-0.05, 0) is 13.1 Å². The number of carbonyl (C=O) groups excluding carboxylic acids is 1. The van der Waals surface area contributed by atoms with Crippen LogP contribution in [-0.2, 0) is 21.2 Å². The molecule has 0 radical (unpaired) electrons. The van der Waals surface area contributed by atoms with Gasteiger partial charge in [-0.1, -0.05) is 0 Å². The molecule has 24 heavy (non-hydrogen) atoms. The van der Waals surface area contributed by atoms with Crippen LogP contribution in [0.15, 0.2) is 18.5 Å². The number of likely N-dealkylation sites (N-methyl/N-ethyl adjacent to an activating group) is 2. The molecule has 1 aliphatic heterocycles. The Balaban J connectivity index is 1.64. The van der Waals surface area contributed by atoms with Gasteiger partial charge < -0.3 is 9.80 Å². The van der Waals surface area contributed by atoms with Crippen molar-refractivity contribution in [1.82, 2.24) is 24.5 Å². The van der Waals surface area contributed by atoms with E-state index in [1.165, 1.54) is 0 Å². The van der Waals surface area contributed by atoms with Gasteiger partial charge in [0.15, 0.2) is 9.84 Å². The van der Waals surface area contributed by atoms with Crippen molar-refractivity contribution in [2.75, 3.05) is 64.9 Å². The van der Waals surface area contributed by atoms with Gasteiger partial charge in [0.25, 0.3) is 0 Å². The topological polar surface area (TPSA) is 78.8 Å². The van der Waals surface area contributed by atoms with E-state index in [0.717, 1.165) is 19.6 Å². The molecule has 9 heteroatoms. The fourth-order valence-corrected chi connectivity index (χ4v) is 3.76. The monoisotopic (exact) mass is 357 g/mol. The smallest absolute Gasteiger partial charge is 0.236 e. The largest absolute Gasteiger partial charge is 0.343 e. The van der Waals surface area contributed by atoms with Crippen molar-refractivity contribution >= 4 is 15.7 Å². The number of nitrogens with zero attached hydrogens (tertiary/aromatic N) is 5. The number of carbonyl (C=O) groups is 1. The first kappa shape index (κ1) is 18.9. The van der Waals surface area contributed by atoms with E-state index in [9.17, 15) is 13.2 Å². The summed E-state index contributed by atoms with van der Waals surface area (Å²) in [6, 6.07) is 1.90. The molecule has 1 saturated heterocycles. The van der Waals surface area contributed by atoms with Crippen LogP contribution in [0.4, 0.5) is 0 Å². The maximum Gasteiger partial charge on any atom is 0.236 e. The fraction of sp³-hybridized carbons (Fsp3) is 0.733. The lowest BCUT2D eigenvalue weighted by molar-refractivity contribution is -0.131. The maximum atomic E-state index is 12.2. The van der Waals surface area contributed by atoms with E-state index < -0.39 is 9.84 Å². The van der Waals surface area contributed by atoms with Crippen LogP contribution in [0.5, 0.6) is 0 Å². The molecular weight excluding hydrogens is 330 g/mol. The average Bonchev–Trinajstić information content (AvgIpc) is 3.06. The summed E-state index contributed by atoms with van der Waals surface area (Å²) in [6.07, 6.45) is 3.70. The van der Waals surface area contributed by atoms with Gasteiger partial charge >= 0.3 is 0 Å². The predicted octanol–water partition coefficient (Wildman–Crippen LogP) is -0.996. The van der Waals surface area contributed by atoms with Crippen molar-refractivity contribution in [3.8, 4) is 0 Å². The minimum absolute atomic E-state index is 0.0368.